The number of benzene rings is 2. The zero-order chi connectivity index (χ0) is 17.5. The van der Waals surface area contributed by atoms with Crippen LogP contribution in [0.2, 0.25) is 5.02 Å². The van der Waals surface area contributed by atoms with E-state index in [0.29, 0.717) is 17.3 Å². The summed E-state index contributed by atoms with van der Waals surface area (Å²) in [6.07, 6.45) is 0. The van der Waals surface area contributed by atoms with E-state index in [4.69, 9.17) is 21.1 Å². The monoisotopic (exact) mass is 348 g/mol. The van der Waals surface area contributed by atoms with Gasteiger partial charge < -0.3 is 20.1 Å². The molecular formula is C18H21ClN2O3. The second-order valence-electron chi connectivity index (χ2n) is 5.28. The molecule has 0 saturated heterocycles. The lowest BCUT2D eigenvalue weighted by Crippen LogP contribution is -2.37. The molecule has 2 N–H and O–H groups in total. The molecule has 0 aliphatic heterocycles. The Morgan fingerprint density at radius 1 is 1.12 bits per heavy atom. The third kappa shape index (κ3) is 4.80. The summed E-state index contributed by atoms with van der Waals surface area (Å²) in [4.78, 5) is 12.2. The lowest BCUT2D eigenvalue weighted by molar-refractivity contribution is -0.121. The molecule has 0 saturated carbocycles. The van der Waals surface area contributed by atoms with E-state index in [1.807, 2.05) is 30.3 Å². The summed E-state index contributed by atoms with van der Waals surface area (Å²) in [5.41, 5.74) is 1.76. The first-order chi connectivity index (χ1) is 11.5. The molecule has 0 aliphatic rings. The van der Waals surface area contributed by atoms with Crippen LogP contribution in [0.1, 0.15) is 12.5 Å². The summed E-state index contributed by atoms with van der Waals surface area (Å²) < 4.78 is 10.2. The second-order valence-corrected chi connectivity index (χ2v) is 5.69. The van der Waals surface area contributed by atoms with E-state index in [1.165, 1.54) is 0 Å². The summed E-state index contributed by atoms with van der Waals surface area (Å²) in [6, 6.07) is 12.5. The Morgan fingerprint density at radius 3 is 2.42 bits per heavy atom. The van der Waals surface area contributed by atoms with Crippen molar-refractivity contribution in [3.05, 3.63) is 53.1 Å². The average Bonchev–Trinajstić information content (AvgIpc) is 2.60. The third-order valence-electron chi connectivity index (χ3n) is 3.55. The van der Waals surface area contributed by atoms with Crippen LogP contribution in [0, 0.1) is 0 Å². The molecule has 1 amide bonds. The number of hydrogen-bond donors (Lipinski definition) is 2. The van der Waals surface area contributed by atoms with Gasteiger partial charge in [-0.3, -0.25) is 4.79 Å². The minimum atomic E-state index is -0.396. The number of carbonyl (C=O) groups excluding carboxylic acids is 1. The Hall–Kier alpha value is -2.40. The van der Waals surface area contributed by atoms with Crippen molar-refractivity contribution in [1.29, 1.82) is 0 Å². The van der Waals surface area contributed by atoms with Crippen LogP contribution in [0.5, 0.6) is 11.5 Å². The second kappa shape index (κ2) is 8.45. The highest BCUT2D eigenvalue weighted by Gasteiger charge is 2.13. The Balaban J connectivity index is 1.88. The minimum absolute atomic E-state index is 0.0993. The standard InChI is InChI=1S/C18H21ClN2O3/c1-12(21-14-6-9-17(24-3)16(19)10-14)18(22)20-11-13-4-7-15(23-2)8-5-13/h4-10,12,21H,11H2,1-3H3,(H,20,22)/t12-/m0/s1. The first-order valence-electron chi connectivity index (χ1n) is 7.54. The summed E-state index contributed by atoms with van der Waals surface area (Å²) in [5.74, 6) is 1.29. The number of nitrogens with one attached hydrogen (secondary N) is 2. The Morgan fingerprint density at radius 2 is 1.83 bits per heavy atom. The molecule has 2 aromatic rings. The maximum atomic E-state index is 12.2. The molecule has 0 heterocycles. The molecule has 0 unspecified atom stereocenters. The van der Waals surface area contributed by atoms with Gasteiger partial charge >= 0.3 is 0 Å². The van der Waals surface area contributed by atoms with Gasteiger partial charge in [0.2, 0.25) is 5.91 Å². The molecule has 128 valence electrons. The van der Waals surface area contributed by atoms with Crippen LogP contribution in [0.25, 0.3) is 0 Å². The highest BCUT2D eigenvalue weighted by molar-refractivity contribution is 6.32. The fourth-order valence-electron chi connectivity index (χ4n) is 2.16. The number of ether oxygens (including phenoxy) is 2. The maximum absolute atomic E-state index is 12.2. The van der Waals surface area contributed by atoms with E-state index in [9.17, 15) is 4.79 Å². The van der Waals surface area contributed by atoms with Gasteiger partial charge in [0.25, 0.3) is 0 Å². The predicted octanol–water partition coefficient (Wildman–Crippen LogP) is 3.47. The van der Waals surface area contributed by atoms with Crippen molar-refractivity contribution in [2.45, 2.75) is 19.5 Å². The fourth-order valence-corrected chi connectivity index (χ4v) is 2.42. The quantitative estimate of drug-likeness (QED) is 0.804. The number of rotatable bonds is 7. The smallest absolute Gasteiger partial charge is 0.242 e. The first-order valence-corrected chi connectivity index (χ1v) is 7.92. The molecule has 5 nitrogen and oxygen atoms in total. The van der Waals surface area contributed by atoms with Gasteiger partial charge in [0.15, 0.2) is 0 Å². The van der Waals surface area contributed by atoms with Gasteiger partial charge in [-0.1, -0.05) is 23.7 Å². The summed E-state index contributed by atoms with van der Waals surface area (Å²) in [5, 5.41) is 6.50. The van der Waals surface area contributed by atoms with Crippen molar-refractivity contribution in [3.63, 3.8) is 0 Å². The van der Waals surface area contributed by atoms with Gasteiger partial charge in [-0.25, -0.2) is 0 Å². The van der Waals surface area contributed by atoms with Crippen LogP contribution in [0.4, 0.5) is 5.69 Å². The van der Waals surface area contributed by atoms with E-state index < -0.39 is 6.04 Å². The highest BCUT2D eigenvalue weighted by Crippen LogP contribution is 2.27. The molecule has 0 spiro atoms. The molecule has 0 bridgehead atoms. The van der Waals surface area contributed by atoms with Crippen molar-refractivity contribution in [2.75, 3.05) is 19.5 Å². The third-order valence-corrected chi connectivity index (χ3v) is 3.85. The fraction of sp³-hybridized carbons (Fsp3) is 0.278. The molecule has 0 radical (unpaired) electrons. The first kappa shape index (κ1) is 17.9. The molecule has 6 heteroatoms. The Kier molecular flexibility index (Phi) is 6.32. The van der Waals surface area contributed by atoms with E-state index >= 15 is 0 Å². The number of halogens is 1. The zero-order valence-electron chi connectivity index (χ0n) is 13.9. The summed E-state index contributed by atoms with van der Waals surface area (Å²) >= 11 is 6.08. The van der Waals surface area contributed by atoms with E-state index in [2.05, 4.69) is 10.6 Å². The van der Waals surface area contributed by atoms with Gasteiger partial charge in [-0.15, -0.1) is 0 Å². The van der Waals surface area contributed by atoms with E-state index in [-0.39, 0.29) is 5.91 Å². The Bertz CT molecular complexity index is 689. The molecule has 2 rings (SSSR count). The Labute approximate surface area is 146 Å². The van der Waals surface area contributed by atoms with Gasteiger partial charge in [0.05, 0.1) is 19.2 Å². The number of anilines is 1. The largest absolute Gasteiger partial charge is 0.497 e. The van der Waals surface area contributed by atoms with Crippen LogP contribution < -0.4 is 20.1 Å². The number of hydrogen-bond acceptors (Lipinski definition) is 4. The number of methoxy groups -OCH3 is 2. The van der Waals surface area contributed by atoms with Crippen LogP contribution in [-0.4, -0.2) is 26.2 Å². The normalized spacial score (nSPS) is 11.5. The SMILES string of the molecule is COc1ccc(CNC(=O)[C@H](C)Nc2ccc(OC)c(Cl)c2)cc1. The minimum Gasteiger partial charge on any atom is -0.497 e. The van der Waals surface area contributed by atoms with Crippen LogP contribution in [-0.2, 0) is 11.3 Å². The predicted molar refractivity (Wildman–Crippen MR) is 95.9 cm³/mol. The van der Waals surface area contributed by atoms with Gasteiger partial charge in [-0.2, -0.15) is 0 Å². The molecule has 0 fully saturated rings. The van der Waals surface area contributed by atoms with E-state index in [1.54, 1.807) is 33.3 Å². The summed E-state index contributed by atoms with van der Waals surface area (Å²) in [6.45, 7) is 2.25. The lowest BCUT2D eigenvalue weighted by atomic mass is 10.2. The van der Waals surface area contributed by atoms with Crippen molar-refractivity contribution in [2.24, 2.45) is 0 Å². The zero-order valence-corrected chi connectivity index (χ0v) is 14.7. The molecule has 0 aliphatic carbocycles. The molecule has 24 heavy (non-hydrogen) atoms. The van der Waals surface area contributed by atoms with Crippen LogP contribution in [0.15, 0.2) is 42.5 Å². The van der Waals surface area contributed by atoms with Crippen LogP contribution >= 0.6 is 11.6 Å². The molecule has 0 aromatic heterocycles. The summed E-state index contributed by atoms with van der Waals surface area (Å²) in [7, 11) is 3.18. The van der Waals surface area contributed by atoms with Crippen molar-refractivity contribution in [3.8, 4) is 11.5 Å². The van der Waals surface area contributed by atoms with Gasteiger partial charge in [0, 0.05) is 12.2 Å². The van der Waals surface area contributed by atoms with Gasteiger partial charge in [0.1, 0.15) is 17.5 Å². The van der Waals surface area contributed by atoms with Crippen molar-refractivity contribution in [1.82, 2.24) is 5.32 Å². The van der Waals surface area contributed by atoms with Crippen LogP contribution in [0.3, 0.4) is 0 Å². The maximum Gasteiger partial charge on any atom is 0.242 e. The highest BCUT2D eigenvalue weighted by atomic mass is 35.5. The molecular weight excluding hydrogens is 328 g/mol. The number of carbonyl (C=O) groups is 1. The van der Waals surface area contributed by atoms with Crippen molar-refractivity contribution < 1.29 is 14.3 Å². The van der Waals surface area contributed by atoms with Crippen molar-refractivity contribution >= 4 is 23.2 Å². The lowest BCUT2D eigenvalue weighted by Gasteiger charge is -2.16. The topological polar surface area (TPSA) is 59.6 Å². The number of amides is 1. The van der Waals surface area contributed by atoms with Gasteiger partial charge in [-0.05, 0) is 42.8 Å². The molecule has 2 aromatic carbocycles. The molecule has 1 atom stereocenters. The van der Waals surface area contributed by atoms with E-state index in [0.717, 1.165) is 17.0 Å². The average molecular weight is 349 g/mol.